The Morgan fingerprint density at radius 3 is 2.81 bits per heavy atom. The molecule has 1 aliphatic rings. The molecule has 1 saturated carbocycles. The van der Waals surface area contributed by atoms with Gasteiger partial charge in [-0.15, -0.1) is 0 Å². The van der Waals surface area contributed by atoms with Crippen molar-refractivity contribution in [2.75, 3.05) is 13.2 Å². The second kappa shape index (κ2) is 5.69. The first-order valence-corrected chi connectivity index (χ1v) is 6.69. The zero-order valence-electron chi connectivity index (χ0n) is 9.42. The van der Waals surface area contributed by atoms with E-state index in [1.807, 2.05) is 6.07 Å². The molecule has 3 heteroatoms. The fourth-order valence-corrected chi connectivity index (χ4v) is 2.17. The lowest BCUT2D eigenvalue weighted by Crippen LogP contribution is -2.02. The van der Waals surface area contributed by atoms with Crippen molar-refractivity contribution < 1.29 is 4.74 Å². The minimum Gasteiger partial charge on any atom is -0.493 e. The first kappa shape index (κ1) is 11.9. The summed E-state index contributed by atoms with van der Waals surface area (Å²) in [5, 5.41) is 0. The standard InChI is InChI=1S/C13H18BrNO/c14-12-6-11(2-1-5-15)7-13(8-12)16-9-10-3-4-10/h6-8,10H,1-5,9,15H2. The van der Waals surface area contributed by atoms with E-state index in [2.05, 4.69) is 28.1 Å². The van der Waals surface area contributed by atoms with E-state index >= 15 is 0 Å². The zero-order valence-corrected chi connectivity index (χ0v) is 11.0. The first-order valence-electron chi connectivity index (χ1n) is 5.90. The molecule has 0 spiro atoms. The Hall–Kier alpha value is -0.540. The van der Waals surface area contributed by atoms with Crippen LogP contribution in [0.1, 0.15) is 24.8 Å². The second-order valence-electron chi connectivity index (χ2n) is 4.44. The van der Waals surface area contributed by atoms with Crippen molar-refractivity contribution in [1.29, 1.82) is 0 Å². The highest BCUT2D eigenvalue weighted by molar-refractivity contribution is 9.10. The van der Waals surface area contributed by atoms with E-state index < -0.39 is 0 Å². The number of halogens is 1. The van der Waals surface area contributed by atoms with Gasteiger partial charge in [0.25, 0.3) is 0 Å². The van der Waals surface area contributed by atoms with Crippen LogP contribution in [0.3, 0.4) is 0 Å². The number of hydrogen-bond donors (Lipinski definition) is 1. The maximum atomic E-state index is 5.77. The highest BCUT2D eigenvalue weighted by Crippen LogP contribution is 2.30. The fourth-order valence-electron chi connectivity index (χ4n) is 1.65. The molecule has 0 aromatic heterocycles. The summed E-state index contributed by atoms with van der Waals surface area (Å²) in [4.78, 5) is 0. The van der Waals surface area contributed by atoms with Gasteiger partial charge in [-0.2, -0.15) is 0 Å². The van der Waals surface area contributed by atoms with E-state index in [0.717, 1.165) is 42.1 Å². The Kier molecular flexibility index (Phi) is 4.24. The summed E-state index contributed by atoms with van der Waals surface area (Å²) in [5.41, 5.74) is 6.81. The molecule has 0 unspecified atom stereocenters. The summed E-state index contributed by atoms with van der Waals surface area (Å²) < 4.78 is 6.86. The molecule has 16 heavy (non-hydrogen) atoms. The van der Waals surface area contributed by atoms with E-state index in [1.165, 1.54) is 18.4 Å². The van der Waals surface area contributed by atoms with Crippen LogP contribution in [0, 0.1) is 5.92 Å². The van der Waals surface area contributed by atoms with Crippen LogP contribution in [-0.4, -0.2) is 13.2 Å². The number of benzene rings is 1. The predicted octanol–water partition coefficient (Wildman–Crippen LogP) is 3.13. The molecule has 0 bridgehead atoms. The first-order chi connectivity index (χ1) is 7.78. The molecule has 2 N–H and O–H groups in total. The van der Waals surface area contributed by atoms with Crippen LogP contribution in [0.4, 0.5) is 0 Å². The number of aryl methyl sites for hydroxylation is 1. The van der Waals surface area contributed by atoms with Gasteiger partial charge in [-0.25, -0.2) is 0 Å². The topological polar surface area (TPSA) is 35.2 Å². The Labute approximate surface area is 105 Å². The molecule has 0 aliphatic heterocycles. The maximum absolute atomic E-state index is 5.77. The van der Waals surface area contributed by atoms with Gasteiger partial charge in [-0.3, -0.25) is 0 Å². The van der Waals surface area contributed by atoms with Crippen LogP contribution in [0.25, 0.3) is 0 Å². The molecule has 0 saturated heterocycles. The molecule has 88 valence electrons. The lowest BCUT2D eigenvalue weighted by atomic mass is 10.1. The quantitative estimate of drug-likeness (QED) is 0.871. The highest BCUT2D eigenvalue weighted by Gasteiger charge is 2.21. The molecule has 1 aromatic rings. The molecular weight excluding hydrogens is 266 g/mol. The fraction of sp³-hybridized carbons (Fsp3) is 0.538. The minimum absolute atomic E-state index is 0.741. The second-order valence-corrected chi connectivity index (χ2v) is 5.36. The third kappa shape index (κ3) is 3.80. The van der Waals surface area contributed by atoms with E-state index in [4.69, 9.17) is 10.5 Å². The Morgan fingerprint density at radius 2 is 2.12 bits per heavy atom. The zero-order chi connectivity index (χ0) is 11.4. The van der Waals surface area contributed by atoms with Crippen LogP contribution in [-0.2, 0) is 6.42 Å². The van der Waals surface area contributed by atoms with E-state index in [1.54, 1.807) is 0 Å². The van der Waals surface area contributed by atoms with Crippen molar-refractivity contribution in [1.82, 2.24) is 0 Å². The van der Waals surface area contributed by atoms with Crippen molar-refractivity contribution in [2.24, 2.45) is 11.7 Å². The van der Waals surface area contributed by atoms with Gasteiger partial charge in [0.2, 0.25) is 0 Å². The van der Waals surface area contributed by atoms with Gasteiger partial charge in [-0.05, 0) is 61.9 Å². The molecule has 0 heterocycles. The normalized spacial score (nSPS) is 15.1. The Balaban J connectivity index is 1.96. The van der Waals surface area contributed by atoms with Crippen molar-refractivity contribution in [3.8, 4) is 5.75 Å². The van der Waals surface area contributed by atoms with Gasteiger partial charge in [0.15, 0.2) is 0 Å². The molecule has 0 radical (unpaired) electrons. The third-order valence-corrected chi connectivity index (χ3v) is 3.24. The molecule has 2 nitrogen and oxygen atoms in total. The summed E-state index contributed by atoms with van der Waals surface area (Å²) in [6.45, 7) is 1.61. The van der Waals surface area contributed by atoms with Crippen molar-refractivity contribution in [2.45, 2.75) is 25.7 Å². The van der Waals surface area contributed by atoms with Gasteiger partial charge in [0, 0.05) is 4.47 Å². The van der Waals surface area contributed by atoms with E-state index in [9.17, 15) is 0 Å². The van der Waals surface area contributed by atoms with Crippen molar-refractivity contribution in [3.63, 3.8) is 0 Å². The third-order valence-electron chi connectivity index (χ3n) is 2.78. The Morgan fingerprint density at radius 1 is 1.31 bits per heavy atom. The number of ether oxygens (including phenoxy) is 1. The number of hydrogen-bond acceptors (Lipinski definition) is 2. The van der Waals surface area contributed by atoms with Crippen LogP contribution < -0.4 is 10.5 Å². The number of rotatable bonds is 6. The molecule has 2 rings (SSSR count). The summed E-state index contributed by atoms with van der Waals surface area (Å²) in [5.74, 6) is 1.78. The summed E-state index contributed by atoms with van der Waals surface area (Å²) >= 11 is 3.52. The lowest BCUT2D eigenvalue weighted by molar-refractivity contribution is 0.299. The van der Waals surface area contributed by atoms with Gasteiger partial charge in [0.05, 0.1) is 6.61 Å². The van der Waals surface area contributed by atoms with E-state index in [-0.39, 0.29) is 0 Å². The summed E-state index contributed by atoms with van der Waals surface area (Å²) in [7, 11) is 0. The maximum Gasteiger partial charge on any atom is 0.120 e. The van der Waals surface area contributed by atoms with Crippen molar-refractivity contribution in [3.05, 3.63) is 28.2 Å². The van der Waals surface area contributed by atoms with Crippen LogP contribution >= 0.6 is 15.9 Å². The van der Waals surface area contributed by atoms with Gasteiger partial charge < -0.3 is 10.5 Å². The summed E-state index contributed by atoms with van der Waals surface area (Å²) in [6, 6.07) is 6.30. The Bertz CT molecular complexity index is 350. The van der Waals surface area contributed by atoms with Gasteiger partial charge in [-0.1, -0.05) is 15.9 Å². The minimum atomic E-state index is 0.741. The van der Waals surface area contributed by atoms with Crippen LogP contribution in [0.15, 0.2) is 22.7 Å². The molecule has 0 atom stereocenters. The smallest absolute Gasteiger partial charge is 0.120 e. The average molecular weight is 284 g/mol. The molecular formula is C13H18BrNO. The monoisotopic (exact) mass is 283 g/mol. The van der Waals surface area contributed by atoms with Crippen LogP contribution in [0.5, 0.6) is 5.75 Å². The molecule has 1 aromatic carbocycles. The molecule has 1 aliphatic carbocycles. The lowest BCUT2D eigenvalue weighted by Gasteiger charge is -2.08. The predicted molar refractivity (Wildman–Crippen MR) is 69.7 cm³/mol. The molecule has 0 amide bonds. The molecule has 1 fully saturated rings. The van der Waals surface area contributed by atoms with Gasteiger partial charge in [0.1, 0.15) is 5.75 Å². The van der Waals surface area contributed by atoms with Crippen LogP contribution in [0.2, 0.25) is 0 Å². The average Bonchev–Trinajstić information content (AvgIpc) is 3.07. The summed E-state index contributed by atoms with van der Waals surface area (Å²) in [6.07, 6.45) is 4.70. The van der Waals surface area contributed by atoms with Gasteiger partial charge >= 0.3 is 0 Å². The largest absolute Gasteiger partial charge is 0.493 e. The van der Waals surface area contributed by atoms with E-state index in [0.29, 0.717) is 0 Å². The van der Waals surface area contributed by atoms with Crippen molar-refractivity contribution >= 4 is 15.9 Å². The SMILES string of the molecule is NCCCc1cc(Br)cc(OCC2CC2)c1. The highest BCUT2D eigenvalue weighted by atomic mass is 79.9. The number of nitrogens with two attached hydrogens (primary N) is 1.